The number of guanidine groups is 1. The van der Waals surface area contributed by atoms with Gasteiger partial charge in [-0.05, 0) is 33.6 Å². The van der Waals surface area contributed by atoms with Crippen molar-refractivity contribution in [2.45, 2.75) is 44.8 Å². The van der Waals surface area contributed by atoms with Crippen LogP contribution < -0.4 is 17.2 Å². The summed E-state index contributed by atoms with van der Waals surface area (Å²) in [6, 6.07) is 0. The molecule has 1 unspecified atom stereocenters. The maximum atomic E-state index is 11.8. The van der Waals surface area contributed by atoms with Crippen molar-refractivity contribution in [1.82, 2.24) is 0 Å². The molecule has 0 radical (unpaired) electrons. The number of carbonyl (C=O) groups excluding carboxylic acids is 1. The molecule has 0 spiro atoms. The number of nitrogens with two attached hydrogens (primary N) is 3. The van der Waals surface area contributed by atoms with E-state index in [2.05, 4.69) is 16.9 Å². The number of hydrogen-bond donors (Lipinski definition) is 5. The minimum absolute atomic E-state index is 0.102. The molecule has 124 valence electrons. The molecular weight excluding hydrogens is 304 g/mol. The molecule has 8 N–H and O–H groups in total. The van der Waals surface area contributed by atoms with Gasteiger partial charge in [-0.3, -0.25) is 9.65 Å². The van der Waals surface area contributed by atoms with Crippen LogP contribution in [0.15, 0.2) is 4.99 Å². The van der Waals surface area contributed by atoms with Crippen molar-refractivity contribution in [2.24, 2.45) is 22.2 Å². The summed E-state index contributed by atoms with van der Waals surface area (Å²) < 4.78 is 11.5. The fourth-order valence-corrected chi connectivity index (χ4v) is 1.23. The molecule has 1 atom stereocenters. The van der Waals surface area contributed by atoms with Gasteiger partial charge in [-0.2, -0.15) is 0 Å². The Balaban J connectivity index is 0. The van der Waals surface area contributed by atoms with Crippen LogP contribution in [0.1, 0.15) is 33.6 Å². The van der Waals surface area contributed by atoms with Gasteiger partial charge in [0.2, 0.25) is 5.54 Å². The Morgan fingerprint density at radius 3 is 2.05 bits per heavy atom. The Hall–Kier alpha value is -1.58. The summed E-state index contributed by atoms with van der Waals surface area (Å²) in [5, 5.41) is 9.10. The second-order valence-electron chi connectivity index (χ2n) is 5.19. The predicted octanol–water partition coefficient (Wildman–Crippen LogP) is -0.704. The number of carboxylic acids is 1. The lowest BCUT2D eigenvalue weighted by atomic mass is 9.94. The van der Waals surface area contributed by atoms with Gasteiger partial charge in [0.1, 0.15) is 5.60 Å². The predicted molar refractivity (Wildman–Crippen MR) is 78.4 cm³/mol. The van der Waals surface area contributed by atoms with Gasteiger partial charge < -0.3 is 27.0 Å². The van der Waals surface area contributed by atoms with E-state index in [0.29, 0.717) is 0 Å². The van der Waals surface area contributed by atoms with Crippen LogP contribution in [-0.2, 0) is 14.3 Å². The highest BCUT2D eigenvalue weighted by atomic mass is 35.5. The zero-order valence-electron chi connectivity index (χ0n) is 12.3. The first-order valence-corrected chi connectivity index (χ1v) is 6.31. The molecule has 0 saturated heterocycles. The fraction of sp³-hybridized carbons (Fsp3) is 0.727. The van der Waals surface area contributed by atoms with Gasteiger partial charge in [-0.25, -0.2) is 9.59 Å². The molecule has 0 saturated carbocycles. The van der Waals surface area contributed by atoms with Crippen LogP contribution in [0.25, 0.3) is 0 Å². The van der Waals surface area contributed by atoms with Crippen molar-refractivity contribution in [1.29, 1.82) is 0 Å². The van der Waals surface area contributed by atoms with Crippen molar-refractivity contribution in [3.05, 3.63) is 0 Å². The number of carbonyl (C=O) groups is 2. The number of rotatable bonds is 6. The summed E-state index contributed by atoms with van der Waals surface area (Å²) in [7, 11) is 0. The molecule has 0 fully saturated rings. The monoisotopic (exact) mass is 326 g/mol. The van der Waals surface area contributed by atoms with Gasteiger partial charge in [0.25, 0.3) is 0 Å². The SMILES string of the molecule is CC(C)(C)OC(=O)C(N)(CCCN=C(N)N)C(=O)O.OCl. The van der Waals surface area contributed by atoms with Crippen LogP contribution in [-0.4, -0.2) is 45.3 Å². The third-order valence-electron chi connectivity index (χ3n) is 2.17. The Morgan fingerprint density at radius 2 is 1.71 bits per heavy atom. The van der Waals surface area contributed by atoms with E-state index in [9.17, 15) is 9.59 Å². The van der Waals surface area contributed by atoms with E-state index in [-0.39, 0.29) is 25.3 Å². The first-order valence-electron chi connectivity index (χ1n) is 5.97. The molecule has 0 aromatic heterocycles. The Morgan fingerprint density at radius 1 is 1.24 bits per heavy atom. The number of halogens is 1. The first-order chi connectivity index (χ1) is 9.49. The molecule has 0 heterocycles. The molecular formula is C11H23ClN4O5. The maximum absolute atomic E-state index is 11.8. The third-order valence-corrected chi connectivity index (χ3v) is 2.17. The smallest absolute Gasteiger partial charge is 0.338 e. The van der Waals surface area contributed by atoms with E-state index < -0.39 is 23.1 Å². The molecule has 10 heteroatoms. The van der Waals surface area contributed by atoms with Gasteiger partial charge in [-0.1, -0.05) is 0 Å². The quantitative estimate of drug-likeness (QED) is 0.140. The number of ether oxygens (including phenoxy) is 1. The van der Waals surface area contributed by atoms with Crippen LogP contribution in [0.5, 0.6) is 0 Å². The lowest BCUT2D eigenvalue weighted by molar-refractivity contribution is -0.169. The maximum Gasteiger partial charge on any atom is 0.338 e. The van der Waals surface area contributed by atoms with Crippen LogP contribution in [0.3, 0.4) is 0 Å². The van der Waals surface area contributed by atoms with E-state index in [1.807, 2.05) is 0 Å². The Labute approximate surface area is 128 Å². The van der Waals surface area contributed by atoms with Crippen molar-refractivity contribution in [3.8, 4) is 0 Å². The summed E-state index contributed by atoms with van der Waals surface area (Å²) in [6.45, 7) is 5.09. The molecule has 0 aliphatic carbocycles. The average Bonchev–Trinajstić information content (AvgIpc) is 2.34. The zero-order chi connectivity index (χ0) is 17.3. The zero-order valence-corrected chi connectivity index (χ0v) is 13.1. The number of hydrogen-bond acceptors (Lipinski definition) is 6. The number of carboxylic acid groups (broad SMARTS) is 1. The standard InChI is InChI=1S/C11H22N4O4.ClHO/c1-10(2,3)19-8(18)11(14,7(16)17)5-4-6-15-9(12)13;1-2/h4-6,14H2,1-3H3,(H,16,17)(H4,12,13,15);2H. The second-order valence-corrected chi connectivity index (χ2v) is 5.19. The van der Waals surface area contributed by atoms with E-state index in [1.165, 1.54) is 0 Å². The molecule has 0 aliphatic heterocycles. The molecule has 0 bridgehead atoms. The molecule has 0 rings (SSSR count). The third kappa shape index (κ3) is 9.05. The minimum atomic E-state index is -2.09. The van der Waals surface area contributed by atoms with Gasteiger partial charge in [0.15, 0.2) is 5.96 Å². The topological polar surface area (TPSA) is 174 Å². The van der Waals surface area contributed by atoms with Crippen LogP contribution in [0.4, 0.5) is 0 Å². The molecule has 0 aromatic carbocycles. The summed E-state index contributed by atoms with van der Waals surface area (Å²) in [4.78, 5) is 26.7. The number of aliphatic imine (C=N–C) groups is 1. The van der Waals surface area contributed by atoms with Crippen molar-refractivity contribution in [2.75, 3.05) is 6.54 Å². The van der Waals surface area contributed by atoms with Crippen molar-refractivity contribution in [3.63, 3.8) is 0 Å². The summed E-state index contributed by atoms with van der Waals surface area (Å²) in [5.41, 5.74) is 13.0. The van der Waals surface area contributed by atoms with Gasteiger partial charge >= 0.3 is 11.9 Å². The molecule has 9 nitrogen and oxygen atoms in total. The Bertz CT molecular complexity index is 379. The lowest BCUT2D eigenvalue weighted by Crippen LogP contribution is -2.57. The minimum Gasteiger partial charge on any atom is -0.479 e. The van der Waals surface area contributed by atoms with E-state index in [0.717, 1.165) is 0 Å². The molecule has 21 heavy (non-hydrogen) atoms. The van der Waals surface area contributed by atoms with Crippen LogP contribution >= 0.6 is 11.9 Å². The van der Waals surface area contributed by atoms with Gasteiger partial charge in [0.05, 0.1) is 11.9 Å². The normalized spacial score (nSPS) is 13.2. The van der Waals surface area contributed by atoms with E-state index >= 15 is 0 Å². The fourth-order valence-electron chi connectivity index (χ4n) is 1.23. The first kappa shape index (κ1) is 21.7. The number of esters is 1. The van der Waals surface area contributed by atoms with Gasteiger partial charge in [0, 0.05) is 6.54 Å². The van der Waals surface area contributed by atoms with Crippen LogP contribution in [0.2, 0.25) is 0 Å². The van der Waals surface area contributed by atoms with Crippen LogP contribution in [0, 0.1) is 0 Å². The van der Waals surface area contributed by atoms with E-state index in [4.69, 9.17) is 31.7 Å². The highest BCUT2D eigenvalue weighted by molar-refractivity contribution is 6.05. The van der Waals surface area contributed by atoms with Gasteiger partial charge in [-0.15, -0.1) is 0 Å². The largest absolute Gasteiger partial charge is 0.479 e. The number of nitrogens with zero attached hydrogens (tertiary/aromatic N) is 1. The lowest BCUT2D eigenvalue weighted by Gasteiger charge is -2.27. The van der Waals surface area contributed by atoms with E-state index in [1.54, 1.807) is 20.8 Å². The van der Waals surface area contributed by atoms with Crippen molar-refractivity contribution < 1.29 is 24.1 Å². The molecule has 0 amide bonds. The highest BCUT2D eigenvalue weighted by Crippen LogP contribution is 2.17. The average molecular weight is 327 g/mol. The summed E-state index contributed by atoms with van der Waals surface area (Å²) in [6.07, 6.45) is 0.133. The number of aliphatic carboxylic acids is 1. The second kappa shape index (κ2) is 9.37. The molecule has 0 aromatic rings. The summed E-state index contributed by atoms with van der Waals surface area (Å²) >= 11 is 3.64. The summed E-state index contributed by atoms with van der Waals surface area (Å²) in [5.74, 6) is -2.51. The van der Waals surface area contributed by atoms with Crippen molar-refractivity contribution >= 4 is 29.8 Å². The molecule has 0 aliphatic rings. The highest BCUT2D eigenvalue weighted by Gasteiger charge is 2.44. The Kier molecular flexibility index (Phi) is 9.69.